The number of carboxylic acids is 1. The van der Waals surface area contributed by atoms with Crippen molar-refractivity contribution < 1.29 is 24.2 Å². The van der Waals surface area contributed by atoms with Crippen LogP contribution in [0.3, 0.4) is 0 Å². The molecule has 2 aromatic carbocycles. The van der Waals surface area contributed by atoms with Gasteiger partial charge < -0.3 is 19.9 Å². The topological polar surface area (TPSA) is 84.9 Å². The van der Waals surface area contributed by atoms with E-state index in [-0.39, 0.29) is 11.5 Å². The molecule has 0 saturated heterocycles. The van der Waals surface area contributed by atoms with Crippen molar-refractivity contribution in [2.75, 3.05) is 20.8 Å². The molecule has 0 aliphatic heterocycles. The number of hydrogen-bond acceptors (Lipinski definition) is 4. The Morgan fingerprint density at radius 3 is 2.56 bits per heavy atom. The van der Waals surface area contributed by atoms with E-state index in [1.807, 2.05) is 12.1 Å². The van der Waals surface area contributed by atoms with Gasteiger partial charge in [0.25, 0.3) is 5.91 Å². The second kappa shape index (κ2) is 8.84. The van der Waals surface area contributed by atoms with Crippen molar-refractivity contribution in [3.63, 3.8) is 0 Å². The van der Waals surface area contributed by atoms with Gasteiger partial charge >= 0.3 is 5.97 Å². The van der Waals surface area contributed by atoms with E-state index in [4.69, 9.17) is 14.6 Å². The van der Waals surface area contributed by atoms with Crippen molar-refractivity contribution in [2.45, 2.75) is 13.0 Å². The number of nitrogens with one attached hydrogen (secondary N) is 1. The third kappa shape index (κ3) is 5.06. The zero-order valence-corrected chi connectivity index (χ0v) is 14.2. The molecule has 1 amide bonds. The normalized spacial score (nSPS) is 10.3. The monoisotopic (exact) mass is 343 g/mol. The lowest BCUT2D eigenvalue weighted by Crippen LogP contribution is -2.25. The zero-order valence-electron chi connectivity index (χ0n) is 14.2. The number of amides is 1. The van der Waals surface area contributed by atoms with E-state index in [0.29, 0.717) is 30.9 Å². The van der Waals surface area contributed by atoms with E-state index in [1.165, 1.54) is 19.2 Å². The molecule has 6 heteroatoms. The van der Waals surface area contributed by atoms with Crippen molar-refractivity contribution in [2.24, 2.45) is 0 Å². The van der Waals surface area contributed by atoms with Crippen LogP contribution < -0.4 is 10.1 Å². The predicted molar refractivity (Wildman–Crippen MR) is 93.1 cm³/mol. The lowest BCUT2D eigenvalue weighted by Gasteiger charge is -2.11. The number of rotatable bonds is 8. The van der Waals surface area contributed by atoms with E-state index >= 15 is 0 Å². The molecule has 0 bridgehead atoms. The Morgan fingerprint density at radius 2 is 1.88 bits per heavy atom. The summed E-state index contributed by atoms with van der Waals surface area (Å²) in [6.45, 7) is 0.865. The molecule has 0 spiro atoms. The molecule has 2 rings (SSSR count). The maximum absolute atomic E-state index is 12.2. The van der Waals surface area contributed by atoms with Crippen LogP contribution in [0.5, 0.6) is 5.75 Å². The number of benzene rings is 2. The van der Waals surface area contributed by atoms with Crippen LogP contribution in [0.1, 0.15) is 31.8 Å². The molecule has 0 radical (unpaired) electrons. The largest absolute Gasteiger partial charge is 0.496 e. The van der Waals surface area contributed by atoms with Gasteiger partial charge in [0.05, 0.1) is 19.3 Å². The first kappa shape index (κ1) is 18.5. The fraction of sp³-hybridized carbons (Fsp3) is 0.263. The van der Waals surface area contributed by atoms with Gasteiger partial charge in [-0.15, -0.1) is 0 Å². The highest BCUT2D eigenvalue weighted by Gasteiger charge is 2.10. The lowest BCUT2D eigenvalue weighted by atomic mass is 10.1. The van der Waals surface area contributed by atoms with E-state index in [1.54, 1.807) is 25.3 Å². The van der Waals surface area contributed by atoms with Gasteiger partial charge in [-0.3, -0.25) is 4.79 Å². The van der Waals surface area contributed by atoms with Gasteiger partial charge in [0, 0.05) is 19.2 Å². The first-order valence-corrected chi connectivity index (χ1v) is 7.81. The Kier molecular flexibility index (Phi) is 6.54. The molecule has 2 N–H and O–H groups in total. The average molecular weight is 343 g/mol. The minimum atomic E-state index is -1.01. The van der Waals surface area contributed by atoms with Crippen molar-refractivity contribution in [1.29, 1.82) is 0 Å². The second-order valence-electron chi connectivity index (χ2n) is 5.47. The summed E-state index contributed by atoms with van der Waals surface area (Å²) in [4.78, 5) is 23.2. The molecule has 0 unspecified atom stereocenters. The van der Waals surface area contributed by atoms with Crippen molar-refractivity contribution in [3.8, 4) is 5.75 Å². The van der Waals surface area contributed by atoms with Gasteiger partial charge in [-0.2, -0.15) is 0 Å². The molecule has 0 atom stereocenters. The van der Waals surface area contributed by atoms with Gasteiger partial charge in [0.15, 0.2) is 0 Å². The summed E-state index contributed by atoms with van der Waals surface area (Å²) in [7, 11) is 3.10. The number of carbonyl (C=O) groups is 2. The van der Waals surface area contributed by atoms with E-state index in [9.17, 15) is 9.59 Å². The summed E-state index contributed by atoms with van der Waals surface area (Å²) in [5, 5.41) is 11.9. The third-order valence-electron chi connectivity index (χ3n) is 3.71. The Balaban J connectivity index is 1.97. The number of carbonyl (C=O) groups excluding carboxylic acids is 1. The highest BCUT2D eigenvalue weighted by atomic mass is 16.5. The molecule has 25 heavy (non-hydrogen) atoms. The Bertz CT molecular complexity index is 757. The highest BCUT2D eigenvalue weighted by molar-refractivity contribution is 5.94. The predicted octanol–water partition coefficient (Wildman–Crippen LogP) is 2.51. The highest BCUT2D eigenvalue weighted by Crippen LogP contribution is 2.20. The molecule has 2 aromatic rings. The molecule has 0 heterocycles. The first-order chi connectivity index (χ1) is 12.0. The number of aromatic carboxylic acids is 1. The standard InChI is InChI=1S/C19H21NO5/c1-24-12-13-4-3-5-15(10-13)18(21)20-9-8-14-6-7-16(19(22)23)11-17(14)25-2/h3-7,10-11H,8-9,12H2,1-2H3,(H,20,21)(H,22,23). The summed E-state index contributed by atoms with van der Waals surface area (Å²) >= 11 is 0. The zero-order chi connectivity index (χ0) is 18.2. The Labute approximate surface area is 146 Å². The van der Waals surface area contributed by atoms with E-state index < -0.39 is 5.97 Å². The molecule has 0 fully saturated rings. The molecular weight excluding hydrogens is 322 g/mol. The van der Waals surface area contributed by atoms with Crippen molar-refractivity contribution in [1.82, 2.24) is 5.32 Å². The Morgan fingerprint density at radius 1 is 1.08 bits per heavy atom. The van der Waals surface area contributed by atoms with Crippen LogP contribution in [-0.4, -0.2) is 37.7 Å². The minimum absolute atomic E-state index is 0.166. The fourth-order valence-corrected chi connectivity index (χ4v) is 2.47. The van der Waals surface area contributed by atoms with Crippen LogP contribution in [-0.2, 0) is 17.8 Å². The summed E-state index contributed by atoms with van der Waals surface area (Å²) in [5.74, 6) is -0.676. The Hall–Kier alpha value is -2.86. The van der Waals surface area contributed by atoms with E-state index in [0.717, 1.165) is 11.1 Å². The second-order valence-corrected chi connectivity index (χ2v) is 5.47. The third-order valence-corrected chi connectivity index (χ3v) is 3.71. The summed E-state index contributed by atoms with van der Waals surface area (Å²) in [5.41, 5.74) is 2.50. The molecule has 0 aromatic heterocycles. The number of hydrogen-bond donors (Lipinski definition) is 2. The quantitative estimate of drug-likeness (QED) is 0.769. The van der Waals surface area contributed by atoms with Crippen molar-refractivity contribution >= 4 is 11.9 Å². The molecule has 132 valence electrons. The smallest absolute Gasteiger partial charge is 0.335 e. The minimum Gasteiger partial charge on any atom is -0.496 e. The first-order valence-electron chi connectivity index (χ1n) is 7.81. The van der Waals surface area contributed by atoms with Gasteiger partial charge in [-0.25, -0.2) is 4.79 Å². The maximum Gasteiger partial charge on any atom is 0.335 e. The molecule has 0 saturated carbocycles. The van der Waals surface area contributed by atoms with Gasteiger partial charge in [0.1, 0.15) is 5.75 Å². The molecule has 0 aliphatic carbocycles. The lowest BCUT2D eigenvalue weighted by molar-refractivity contribution is 0.0696. The summed E-state index contributed by atoms with van der Waals surface area (Å²) < 4.78 is 10.3. The molecule has 6 nitrogen and oxygen atoms in total. The molecule has 0 aliphatic rings. The van der Waals surface area contributed by atoms with E-state index in [2.05, 4.69) is 5.32 Å². The van der Waals surface area contributed by atoms with Gasteiger partial charge in [-0.1, -0.05) is 18.2 Å². The summed E-state index contributed by atoms with van der Waals surface area (Å²) in [6.07, 6.45) is 0.534. The van der Waals surface area contributed by atoms with Crippen LogP contribution in [0.4, 0.5) is 0 Å². The van der Waals surface area contributed by atoms with Gasteiger partial charge in [0.2, 0.25) is 0 Å². The van der Waals surface area contributed by atoms with Crippen LogP contribution in [0.15, 0.2) is 42.5 Å². The fourth-order valence-electron chi connectivity index (χ4n) is 2.47. The van der Waals surface area contributed by atoms with Crippen LogP contribution >= 0.6 is 0 Å². The number of methoxy groups -OCH3 is 2. The maximum atomic E-state index is 12.2. The van der Waals surface area contributed by atoms with Crippen LogP contribution in [0.2, 0.25) is 0 Å². The number of carboxylic acid groups (broad SMARTS) is 1. The SMILES string of the molecule is COCc1cccc(C(=O)NCCc2ccc(C(=O)O)cc2OC)c1. The molecular formula is C19H21NO5. The van der Waals surface area contributed by atoms with Crippen LogP contribution in [0.25, 0.3) is 0 Å². The average Bonchev–Trinajstić information content (AvgIpc) is 2.62. The van der Waals surface area contributed by atoms with Crippen molar-refractivity contribution in [3.05, 3.63) is 64.7 Å². The summed E-state index contributed by atoms with van der Waals surface area (Å²) in [6, 6.07) is 12.0. The van der Waals surface area contributed by atoms with Crippen LogP contribution in [0, 0.1) is 0 Å². The van der Waals surface area contributed by atoms with Gasteiger partial charge in [-0.05, 0) is 41.8 Å². The number of ether oxygens (including phenoxy) is 2.